The molecule has 0 N–H and O–H groups in total. The molecular weight excluding hydrogens is 411 g/mol. The van der Waals surface area contributed by atoms with Crippen molar-refractivity contribution in [3.8, 4) is 5.75 Å². The Hall–Kier alpha value is -2.44. The van der Waals surface area contributed by atoms with E-state index in [0.29, 0.717) is 23.9 Å². The summed E-state index contributed by atoms with van der Waals surface area (Å²) in [5.41, 5.74) is 0.837. The summed E-state index contributed by atoms with van der Waals surface area (Å²) in [5, 5.41) is 3.36. The van der Waals surface area contributed by atoms with Gasteiger partial charge in [-0.05, 0) is 49.7 Å². The molecule has 0 saturated carbocycles. The lowest BCUT2D eigenvalue weighted by atomic mass is 10.1. The van der Waals surface area contributed by atoms with E-state index in [0.717, 1.165) is 17.1 Å². The van der Waals surface area contributed by atoms with Gasteiger partial charge in [-0.15, -0.1) is 11.3 Å². The summed E-state index contributed by atoms with van der Waals surface area (Å²) in [6, 6.07) is 13.1. The molecule has 0 saturated heterocycles. The summed E-state index contributed by atoms with van der Waals surface area (Å²) in [5.74, 6) is -0.132. The van der Waals surface area contributed by atoms with Gasteiger partial charge in [0, 0.05) is 16.4 Å². The van der Waals surface area contributed by atoms with Crippen LogP contribution in [-0.4, -0.2) is 21.8 Å². The van der Waals surface area contributed by atoms with Crippen molar-refractivity contribution in [1.82, 2.24) is 9.88 Å². The molecule has 1 unspecified atom stereocenters. The minimum atomic E-state index is -0.513. The lowest BCUT2D eigenvalue weighted by Crippen LogP contribution is -2.38. The van der Waals surface area contributed by atoms with E-state index in [-0.39, 0.29) is 17.5 Å². The molecule has 0 radical (unpaired) electrons. The first-order chi connectivity index (χ1) is 14.0. The zero-order valence-electron chi connectivity index (χ0n) is 16.3. The van der Waals surface area contributed by atoms with Crippen molar-refractivity contribution >= 4 is 28.8 Å². The third-order valence-corrected chi connectivity index (χ3v) is 5.72. The summed E-state index contributed by atoms with van der Waals surface area (Å²) in [4.78, 5) is 19.2. The summed E-state index contributed by atoms with van der Waals surface area (Å²) in [6.07, 6.45) is 0.761. The van der Waals surface area contributed by atoms with Gasteiger partial charge in [0.2, 0.25) is 0 Å². The van der Waals surface area contributed by atoms with Gasteiger partial charge in [0.25, 0.3) is 5.91 Å². The molecule has 2 aromatic carbocycles. The minimum Gasteiger partial charge on any atom is -0.486 e. The molecule has 7 heteroatoms. The van der Waals surface area contributed by atoms with Gasteiger partial charge in [0.1, 0.15) is 23.2 Å². The van der Waals surface area contributed by atoms with Crippen LogP contribution in [-0.2, 0) is 13.2 Å². The highest BCUT2D eigenvalue weighted by atomic mass is 35.5. The predicted octanol–water partition coefficient (Wildman–Crippen LogP) is 5.96. The van der Waals surface area contributed by atoms with Gasteiger partial charge in [-0.1, -0.05) is 30.7 Å². The maximum Gasteiger partial charge on any atom is 0.257 e. The molecule has 0 aliphatic heterocycles. The van der Waals surface area contributed by atoms with E-state index in [1.165, 1.54) is 23.5 Å². The van der Waals surface area contributed by atoms with Gasteiger partial charge >= 0.3 is 0 Å². The first-order valence-corrected chi connectivity index (χ1v) is 10.6. The van der Waals surface area contributed by atoms with E-state index in [4.69, 9.17) is 16.3 Å². The molecule has 29 heavy (non-hydrogen) atoms. The van der Waals surface area contributed by atoms with Gasteiger partial charge in [-0.2, -0.15) is 0 Å². The number of aromatic nitrogens is 1. The standard InChI is InChI=1S/C22H22ClFN2O2S/c1-3-15(2)26(22(27)19-6-4-5-7-20(19)24)12-17-14-29-21(25-17)13-28-18-10-8-16(23)9-11-18/h4-11,14-15H,3,12-13H2,1-2H3. The Labute approximate surface area is 178 Å². The third kappa shape index (κ3) is 5.55. The van der Waals surface area contributed by atoms with E-state index in [1.807, 2.05) is 19.2 Å². The van der Waals surface area contributed by atoms with E-state index < -0.39 is 5.82 Å². The zero-order valence-corrected chi connectivity index (χ0v) is 17.8. The Morgan fingerprint density at radius 3 is 2.66 bits per heavy atom. The largest absolute Gasteiger partial charge is 0.486 e. The number of thiazole rings is 1. The van der Waals surface area contributed by atoms with Crippen LogP contribution in [0.3, 0.4) is 0 Å². The van der Waals surface area contributed by atoms with Crippen LogP contribution in [0.15, 0.2) is 53.9 Å². The summed E-state index contributed by atoms with van der Waals surface area (Å²) in [6.45, 7) is 4.60. The van der Waals surface area contributed by atoms with E-state index in [9.17, 15) is 9.18 Å². The van der Waals surface area contributed by atoms with Crippen molar-refractivity contribution in [3.63, 3.8) is 0 Å². The Balaban J connectivity index is 1.69. The highest BCUT2D eigenvalue weighted by Gasteiger charge is 2.24. The van der Waals surface area contributed by atoms with Gasteiger partial charge in [0.15, 0.2) is 0 Å². The molecule has 3 rings (SSSR count). The fourth-order valence-electron chi connectivity index (χ4n) is 2.78. The van der Waals surface area contributed by atoms with Gasteiger partial charge in [-0.3, -0.25) is 4.79 Å². The average molecular weight is 433 g/mol. The summed E-state index contributed by atoms with van der Waals surface area (Å²) >= 11 is 7.35. The summed E-state index contributed by atoms with van der Waals surface area (Å²) < 4.78 is 19.8. The van der Waals surface area contributed by atoms with Crippen LogP contribution in [0.5, 0.6) is 5.75 Å². The van der Waals surface area contributed by atoms with E-state index in [2.05, 4.69) is 4.98 Å². The van der Waals surface area contributed by atoms with Crippen LogP contribution in [0.4, 0.5) is 4.39 Å². The number of carbonyl (C=O) groups excluding carboxylic acids is 1. The zero-order chi connectivity index (χ0) is 20.8. The SMILES string of the molecule is CCC(C)N(Cc1csc(COc2ccc(Cl)cc2)n1)C(=O)c1ccccc1F. The second-order valence-electron chi connectivity index (χ2n) is 6.65. The van der Waals surface area contributed by atoms with Crippen molar-refractivity contribution in [2.75, 3.05) is 0 Å². The lowest BCUT2D eigenvalue weighted by molar-refractivity contribution is 0.0664. The lowest BCUT2D eigenvalue weighted by Gasteiger charge is -2.28. The number of carbonyl (C=O) groups is 1. The number of halogens is 2. The number of hydrogen-bond donors (Lipinski definition) is 0. The van der Waals surface area contributed by atoms with Gasteiger partial charge in [-0.25, -0.2) is 9.37 Å². The Morgan fingerprint density at radius 1 is 1.24 bits per heavy atom. The minimum absolute atomic E-state index is 0.0439. The molecule has 0 bridgehead atoms. The van der Waals surface area contributed by atoms with Crippen LogP contribution in [0.25, 0.3) is 0 Å². The Bertz CT molecular complexity index is 961. The number of nitrogens with zero attached hydrogens (tertiary/aromatic N) is 2. The van der Waals surface area contributed by atoms with Gasteiger partial charge in [0.05, 0.1) is 17.8 Å². The third-order valence-electron chi connectivity index (χ3n) is 4.60. The number of amides is 1. The van der Waals surface area contributed by atoms with Crippen LogP contribution >= 0.6 is 22.9 Å². The molecule has 3 aromatic rings. The first kappa shape index (κ1) is 21.3. The average Bonchev–Trinajstić information content (AvgIpc) is 3.18. The second-order valence-corrected chi connectivity index (χ2v) is 8.02. The molecule has 0 spiro atoms. The topological polar surface area (TPSA) is 42.4 Å². The van der Waals surface area contributed by atoms with Crippen molar-refractivity contribution in [3.05, 3.63) is 81.0 Å². The van der Waals surface area contributed by atoms with E-state index in [1.54, 1.807) is 41.3 Å². The second kappa shape index (κ2) is 9.85. The molecule has 1 atom stereocenters. The first-order valence-electron chi connectivity index (χ1n) is 9.35. The highest BCUT2D eigenvalue weighted by Crippen LogP contribution is 2.21. The van der Waals surface area contributed by atoms with Crippen LogP contribution < -0.4 is 4.74 Å². The highest BCUT2D eigenvalue weighted by molar-refractivity contribution is 7.09. The molecule has 4 nitrogen and oxygen atoms in total. The van der Waals surface area contributed by atoms with Crippen molar-refractivity contribution in [2.45, 2.75) is 39.5 Å². The molecule has 152 valence electrons. The van der Waals surface area contributed by atoms with Crippen molar-refractivity contribution in [1.29, 1.82) is 0 Å². The van der Waals surface area contributed by atoms with Crippen LogP contribution in [0, 0.1) is 5.82 Å². The molecule has 0 aliphatic carbocycles. The maximum atomic E-state index is 14.1. The van der Waals surface area contributed by atoms with Gasteiger partial charge < -0.3 is 9.64 Å². The van der Waals surface area contributed by atoms with Crippen LogP contribution in [0.1, 0.15) is 41.3 Å². The Morgan fingerprint density at radius 2 is 1.97 bits per heavy atom. The summed E-state index contributed by atoms with van der Waals surface area (Å²) in [7, 11) is 0. The normalized spacial score (nSPS) is 11.9. The number of rotatable bonds is 8. The number of hydrogen-bond acceptors (Lipinski definition) is 4. The van der Waals surface area contributed by atoms with E-state index >= 15 is 0 Å². The monoisotopic (exact) mass is 432 g/mol. The number of benzene rings is 2. The molecule has 0 aliphatic rings. The number of ether oxygens (including phenoxy) is 1. The molecule has 1 aromatic heterocycles. The molecular formula is C22H22ClFN2O2S. The molecule has 1 amide bonds. The molecule has 1 heterocycles. The Kier molecular flexibility index (Phi) is 7.23. The van der Waals surface area contributed by atoms with Crippen molar-refractivity contribution < 1.29 is 13.9 Å². The fraction of sp³-hybridized carbons (Fsp3) is 0.273. The quantitative estimate of drug-likeness (QED) is 0.441. The predicted molar refractivity (Wildman–Crippen MR) is 114 cm³/mol. The molecule has 0 fully saturated rings. The van der Waals surface area contributed by atoms with Crippen LogP contribution in [0.2, 0.25) is 5.02 Å². The van der Waals surface area contributed by atoms with Crippen molar-refractivity contribution in [2.24, 2.45) is 0 Å². The smallest absolute Gasteiger partial charge is 0.257 e. The maximum absolute atomic E-state index is 14.1. The fourth-order valence-corrected chi connectivity index (χ4v) is 3.60.